The highest BCUT2D eigenvalue weighted by Crippen LogP contribution is 2.22. The molecule has 16 heavy (non-hydrogen) atoms. The number of carboxylic acid groups (broad SMARTS) is 1. The first-order valence-corrected chi connectivity index (χ1v) is 6.58. The highest BCUT2D eigenvalue weighted by atomic mass is 32.1. The molecule has 1 N–H and O–H groups in total. The second kappa shape index (κ2) is 5.46. The van der Waals surface area contributed by atoms with Gasteiger partial charge in [-0.25, -0.2) is 0 Å². The van der Waals surface area contributed by atoms with Crippen LogP contribution in [0, 0.1) is 5.92 Å². The van der Waals surface area contributed by atoms with Crippen molar-refractivity contribution in [3.63, 3.8) is 0 Å². The Morgan fingerprint density at radius 1 is 1.50 bits per heavy atom. The van der Waals surface area contributed by atoms with Gasteiger partial charge in [-0.05, 0) is 43.3 Å². The topological polar surface area (TPSA) is 40.5 Å². The lowest BCUT2D eigenvalue weighted by molar-refractivity contribution is -0.138. The molecule has 4 heteroatoms. The van der Waals surface area contributed by atoms with Crippen molar-refractivity contribution in [3.8, 4) is 0 Å². The highest BCUT2D eigenvalue weighted by molar-refractivity contribution is 7.09. The molecular formula is C12H17NO2S. The lowest BCUT2D eigenvalue weighted by atomic mass is 9.94. The Balaban J connectivity index is 1.75. The van der Waals surface area contributed by atoms with Gasteiger partial charge in [-0.3, -0.25) is 9.69 Å². The van der Waals surface area contributed by atoms with E-state index in [2.05, 4.69) is 22.4 Å². The number of thiophene rings is 1. The Morgan fingerprint density at radius 2 is 2.25 bits per heavy atom. The van der Waals surface area contributed by atoms with Crippen LogP contribution in [0.15, 0.2) is 17.5 Å². The summed E-state index contributed by atoms with van der Waals surface area (Å²) in [6.45, 7) is 3.10. The van der Waals surface area contributed by atoms with Gasteiger partial charge in [0.05, 0.1) is 0 Å². The third kappa shape index (κ3) is 3.32. The Hall–Kier alpha value is -0.870. The average molecular weight is 239 g/mol. The molecule has 0 radical (unpaired) electrons. The molecule has 0 aliphatic carbocycles. The summed E-state index contributed by atoms with van der Waals surface area (Å²) in [6.07, 6.45) is 2.39. The predicted octanol–water partition coefficient (Wildman–Crippen LogP) is 2.43. The quantitative estimate of drug-likeness (QED) is 0.877. The fourth-order valence-corrected chi connectivity index (χ4v) is 2.96. The van der Waals surface area contributed by atoms with Crippen LogP contribution in [0.3, 0.4) is 0 Å². The van der Waals surface area contributed by atoms with Crippen molar-refractivity contribution >= 4 is 17.3 Å². The molecule has 0 saturated carbocycles. The molecule has 2 heterocycles. The molecule has 0 spiro atoms. The second-order valence-electron chi connectivity index (χ2n) is 4.40. The number of carboxylic acids is 1. The van der Waals surface area contributed by atoms with Crippen LogP contribution in [0.5, 0.6) is 0 Å². The molecule has 1 saturated heterocycles. The molecule has 0 bridgehead atoms. The van der Waals surface area contributed by atoms with Gasteiger partial charge >= 0.3 is 5.97 Å². The van der Waals surface area contributed by atoms with E-state index >= 15 is 0 Å². The minimum atomic E-state index is -0.656. The molecule has 0 unspecified atom stereocenters. The van der Waals surface area contributed by atoms with E-state index in [0.717, 1.165) is 32.5 Å². The first-order valence-electron chi connectivity index (χ1n) is 5.70. The number of carbonyl (C=O) groups is 1. The summed E-state index contributed by atoms with van der Waals surface area (Å²) in [5, 5.41) is 10.8. The number of rotatable bonds is 4. The maximum atomic E-state index is 10.6. The van der Waals surface area contributed by atoms with Gasteiger partial charge in [-0.1, -0.05) is 6.07 Å². The standard InChI is InChI=1S/C12H17NO2S/c14-12(15)8-10-3-5-13(6-4-10)9-11-2-1-7-16-11/h1-2,7,10H,3-6,8-9H2,(H,14,15). The number of nitrogens with zero attached hydrogens (tertiary/aromatic N) is 1. The van der Waals surface area contributed by atoms with E-state index in [0.29, 0.717) is 12.3 Å². The molecule has 3 nitrogen and oxygen atoms in total. The van der Waals surface area contributed by atoms with Crippen molar-refractivity contribution in [2.45, 2.75) is 25.8 Å². The summed E-state index contributed by atoms with van der Waals surface area (Å²) in [6, 6.07) is 4.24. The zero-order valence-electron chi connectivity index (χ0n) is 9.26. The van der Waals surface area contributed by atoms with Gasteiger partial charge in [0.1, 0.15) is 0 Å². The molecule has 0 atom stereocenters. The summed E-state index contributed by atoms with van der Waals surface area (Å²) in [5.74, 6) is -0.270. The summed E-state index contributed by atoms with van der Waals surface area (Å²) in [5.41, 5.74) is 0. The summed E-state index contributed by atoms with van der Waals surface area (Å²) < 4.78 is 0. The van der Waals surface area contributed by atoms with Gasteiger partial charge in [0.2, 0.25) is 0 Å². The molecule has 2 rings (SSSR count). The van der Waals surface area contributed by atoms with Gasteiger partial charge < -0.3 is 5.11 Å². The molecular weight excluding hydrogens is 222 g/mol. The van der Waals surface area contributed by atoms with E-state index in [4.69, 9.17) is 5.11 Å². The number of aliphatic carboxylic acids is 1. The van der Waals surface area contributed by atoms with Crippen molar-refractivity contribution in [3.05, 3.63) is 22.4 Å². The van der Waals surface area contributed by atoms with Crippen molar-refractivity contribution in [1.29, 1.82) is 0 Å². The first kappa shape index (κ1) is 11.6. The van der Waals surface area contributed by atoms with Gasteiger partial charge in [0.15, 0.2) is 0 Å². The predicted molar refractivity (Wildman–Crippen MR) is 64.6 cm³/mol. The van der Waals surface area contributed by atoms with Crippen LogP contribution in [0.1, 0.15) is 24.1 Å². The van der Waals surface area contributed by atoms with E-state index < -0.39 is 5.97 Å². The zero-order chi connectivity index (χ0) is 11.4. The van der Waals surface area contributed by atoms with Gasteiger partial charge in [-0.15, -0.1) is 11.3 Å². The fraction of sp³-hybridized carbons (Fsp3) is 0.583. The Labute approximate surface area is 99.7 Å². The lowest BCUT2D eigenvalue weighted by Crippen LogP contribution is -2.33. The Kier molecular flexibility index (Phi) is 3.96. The van der Waals surface area contributed by atoms with Crippen LogP contribution in [0.2, 0.25) is 0 Å². The van der Waals surface area contributed by atoms with Gasteiger partial charge in [0.25, 0.3) is 0 Å². The first-order chi connectivity index (χ1) is 7.74. The van der Waals surface area contributed by atoms with Crippen molar-refractivity contribution in [1.82, 2.24) is 4.90 Å². The van der Waals surface area contributed by atoms with Crippen molar-refractivity contribution < 1.29 is 9.90 Å². The minimum Gasteiger partial charge on any atom is -0.481 e. The molecule has 1 fully saturated rings. The molecule has 1 aliphatic heterocycles. The fourth-order valence-electron chi connectivity index (χ4n) is 2.22. The summed E-state index contributed by atoms with van der Waals surface area (Å²) >= 11 is 1.79. The zero-order valence-corrected chi connectivity index (χ0v) is 10.1. The monoisotopic (exact) mass is 239 g/mol. The van der Waals surface area contributed by atoms with E-state index in [-0.39, 0.29) is 0 Å². The number of hydrogen-bond donors (Lipinski definition) is 1. The molecule has 88 valence electrons. The molecule has 0 aromatic carbocycles. The third-order valence-electron chi connectivity index (χ3n) is 3.13. The smallest absolute Gasteiger partial charge is 0.303 e. The van der Waals surface area contributed by atoms with Crippen LogP contribution in [0.25, 0.3) is 0 Å². The van der Waals surface area contributed by atoms with E-state index in [1.54, 1.807) is 11.3 Å². The largest absolute Gasteiger partial charge is 0.481 e. The third-order valence-corrected chi connectivity index (χ3v) is 3.99. The molecule has 1 aliphatic rings. The minimum absolute atomic E-state index is 0.340. The van der Waals surface area contributed by atoms with E-state index in [1.807, 2.05) is 0 Å². The molecule has 1 aromatic heterocycles. The number of likely N-dealkylation sites (tertiary alicyclic amines) is 1. The van der Waals surface area contributed by atoms with Crippen molar-refractivity contribution in [2.75, 3.05) is 13.1 Å². The summed E-state index contributed by atoms with van der Waals surface area (Å²) in [7, 11) is 0. The SMILES string of the molecule is O=C(O)CC1CCN(Cc2cccs2)CC1. The maximum absolute atomic E-state index is 10.6. The molecule has 1 aromatic rings. The lowest BCUT2D eigenvalue weighted by Gasteiger charge is -2.30. The van der Waals surface area contributed by atoms with Crippen LogP contribution < -0.4 is 0 Å². The second-order valence-corrected chi connectivity index (χ2v) is 5.43. The molecule has 0 amide bonds. The van der Waals surface area contributed by atoms with Crippen LogP contribution in [-0.4, -0.2) is 29.1 Å². The number of hydrogen-bond acceptors (Lipinski definition) is 3. The van der Waals surface area contributed by atoms with Gasteiger partial charge in [-0.2, -0.15) is 0 Å². The number of piperidine rings is 1. The summed E-state index contributed by atoms with van der Waals surface area (Å²) in [4.78, 5) is 14.4. The van der Waals surface area contributed by atoms with E-state index in [9.17, 15) is 4.79 Å². The Bertz CT molecular complexity index is 329. The van der Waals surface area contributed by atoms with Crippen LogP contribution >= 0.6 is 11.3 Å². The van der Waals surface area contributed by atoms with Crippen LogP contribution in [-0.2, 0) is 11.3 Å². The Morgan fingerprint density at radius 3 is 2.81 bits per heavy atom. The van der Waals surface area contributed by atoms with Gasteiger partial charge in [0, 0.05) is 17.8 Å². The average Bonchev–Trinajstić information content (AvgIpc) is 2.73. The normalized spacial score (nSPS) is 18.8. The van der Waals surface area contributed by atoms with Crippen LogP contribution in [0.4, 0.5) is 0 Å². The highest BCUT2D eigenvalue weighted by Gasteiger charge is 2.21. The van der Waals surface area contributed by atoms with Crippen molar-refractivity contribution in [2.24, 2.45) is 5.92 Å². The van der Waals surface area contributed by atoms with E-state index in [1.165, 1.54) is 4.88 Å². The maximum Gasteiger partial charge on any atom is 0.303 e.